The minimum absolute atomic E-state index is 0.0622. The van der Waals surface area contributed by atoms with Gasteiger partial charge in [0.2, 0.25) is 5.91 Å². The fourth-order valence-corrected chi connectivity index (χ4v) is 3.27. The van der Waals surface area contributed by atoms with Crippen LogP contribution in [0.4, 0.5) is 0 Å². The lowest BCUT2D eigenvalue weighted by atomic mass is 9.79. The molecule has 4 heteroatoms. The van der Waals surface area contributed by atoms with Crippen LogP contribution in [0.1, 0.15) is 65.2 Å². The van der Waals surface area contributed by atoms with Crippen molar-refractivity contribution in [3.05, 3.63) is 0 Å². The maximum Gasteiger partial charge on any atom is 0.220 e. The number of hydrogen-bond acceptors (Lipinski definition) is 3. The first-order valence-corrected chi connectivity index (χ1v) is 8.18. The Labute approximate surface area is 123 Å². The van der Waals surface area contributed by atoms with E-state index in [2.05, 4.69) is 19.2 Å². The molecule has 4 N–H and O–H groups in total. The summed E-state index contributed by atoms with van der Waals surface area (Å²) in [7, 11) is 0. The summed E-state index contributed by atoms with van der Waals surface area (Å²) in [6.45, 7) is 5.41. The van der Waals surface area contributed by atoms with E-state index in [1.807, 2.05) is 0 Å². The van der Waals surface area contributed by atoms with Crippen molar-refractivity contribution in [1.82, 2.24) is 5.32 Å². The van der Waals surface area contributed by atoms with Crippen LogP contribution in [-0.4, -0.2) is 29.7 Å². The molecule has 0 aromatic rings. The van der Waals surface area contributed by atoms with E-state index in [9.17, 15) is 9.90 Å². The summed E-state index contributed by atoms with van der Waals surface area (Å²) in [5.41, 5.74) is 4.88. The van der Waals surface area contributed by atoms with Gasteiger partial charge in [0, 0.05) is 13.0 Å². The molecule has 1 saturated carbocycles. The van der Waals surface area contributed by atoms with E-state index < -0.39 is 5.60 Å². The molecule has 3 unspecified atom stereocenters. The third kappa shape index (κ3) is 6.23. The molecule has 118 valence electrons. The van der Waals surface area contributed by atoms with Crippen molar-refractivity contribution in [3.63, 3.8) is 0 Å². The normalized spacial score (nSPS) is 28.1. The molecule has 0 aromatic carbocycles. The predicted molar refractivity (Wildman–Crippen MR) is 82.3 cm³/mol. The number of rotatable bonds is 8. The van der Waals surface area contributed by atoms with Crippen molar-refractivity contribution in [2.45, 2.75) is 70.8 Å². The number of carbonyl (C=O) groups excluding carboxylic acids is 1. The van der Waals surface area contributed by atoms with Gasteiger partial charge < -0.3 is 16.2 Å². The maximum absolute atomic E-state index is 11.9. The van der Waals surface area contributed by atoms with Gasteiger partial charge in [-0.2, -0.15) is 0 Å². The second-order valence-corrected chi connectivity index (χ2v) is 6.59. The second kappa shape index (κ2) is 8.63. The highest BCUT2D eigenvalue weighted by Gasteiger charge is 2.32. The summed E-state index contributed by atoms with van der Waals surface area (Å²) in [6.07, 6.45) is 7.37. The number of carbonyl (C=O) groups is 1. The Balaban J connectivity index is 2.25. The largest absolute Gasteiger partial charge is 0.388 e. The number of nitrogens with two attached hydrogens (primary N) is 1. The van der Waals surface area contributed by atoms with Crippen molar-refractivity contribution in [3.8, 4) is 0 Å². The topological polar surface area (TPSA) is 75.4 Å². The van der Waals surface area contributed by atoms with Crippen LogP contribution in [0.3, 0.4) is 0 Å². The van der Waals surface area contributed by atoms with Gasteiger partial charge in [-0.15, -0.1) is 0 Å². The van der Waals surface area contributed by atoms with Crippen LogP contribution >= 0.6 is 0 Å². The molecular weight excluding hydrogens is 252 g/mol. The molecule has 1 amide bonds. The zero-order valence-electron chi connectivity index (χ0n) is 13.2. The van der Waals surface area contributed by atoms with Crippen LogP contribution in [-0.2, 0) is 4.79 Å². The van der Waals surface area contributed by atoms with Gasteiger partial charge in [-0.3, -0.25) is 4.79 Å². The summed E-state index contributed by atoms with van der Waals surface area (Å²) in [5, 5.41) is 13.4. The molecule has 0 heterocycles. The second-order valence-electron chi connectivity index (χ2n) is 6.59. The lowest BCUT2D eigenvalue weighted by Gasteiger charge is -2.35. The van der Waals surface area contributed by atoms with E-state index in [1.54, 1.807) is 0 Å². The monoisotopic (exact) mass is 284 g/mol. The predicted octanol–water partition coefficient (Wildman–Crippen LogP) is 2.20. The van der Waals surface area contributed by atoms with Gasteiger partial charge in [-0.25, -0.2) is 0 Å². The lowest BCUT2D eigenvalue weighted by molar-refractivity contribution is -0.123. The van der Waals surface area contributed by atoms with Gasteiger partial charge in [-0.1, -0.05) is 33.1 Å². The minimum Gasteiger partial charge on any atom is -0.388 e. The fourth-order valence-electron chi connectivity index (χ4n) is 3.27. The molecule has 0 spiro atoms. The summed E-state index contributed by atoms with van der Waals surface area (Å²) in [5.74, 6) is 1.16. The Morgan fingerprint density at radius 3 is 2.85 bits per heavy atom. The Bertz CT molecular complexity index is 296. The lowest BCUT2D eigenvalue weighted by Crippen LogP contribution is -2.45. The molecule has 1 aliphatic carbocycles. The van der Waals surface area contributed by atoms with E-state index in [4.69, 9.17) is 5.73 Å². The van der Waals surface area contributed by atoms with E-state index in [0.29, 0.717) is 31.3 Å². The summed E-state index contributed by atoms with van der Waals surface area (Å²) < 4.78 is 0. The average Bonchev–Trinajstić information content (AvgIpc) is 2.41. The number of hydrogen-bond donors (Lipinski definition) is 3. The van der Waals surface area contributed by atoms with Crippen LogP contribution in [0, 0.1) is 11.8 Å². The highest BCUT2D eigenvalue weighted by atomic mass is 16.3. The van der Waals surface area contributed by atoms with Crippen molar-refractivity contribution in [2.75, 3.05) is 13.1 Å². The van der Waals surface area contributed by atoms with Gasteiger partial charge in [0.15, 0.2) is 0 Å². The molecule has 0 radical (unpaired) electrons. The molecule has 1 fully saturated rings. The number of amides is 1. The summed E-state index contributed by atoms with van der Waals surface area (Å²) >= 11 is 0. The Morgan fingerprint density at radius 2 is 2.25 bits per heavy atom. The highest BCUT2D eigenvalue weighted by molar-refractivity contribution is 5.75. The Hall–Kier alpha value is -0.610. The maximum atomic E-state index is 11.9. The Kier molecular flexibility index (Phi) is 7.52. The van der Waals surface area contributed by atoms with E-state index in [-0.39, 0.29) is 5.91 Å². The number of nitrogens with one attached hydrogen (secondary N) is 1. The quantitative estimate of drug-likeness (QED) is 0.639. The third-order valence-electron chi connectivity index (χ3n) is 4.61. The van der Waals surface area contributed by atoms with Gasteiger partial charge in [0.05, 0.1) is 5.60 Å². The van der Waals surface area contributed by atoms with Gasteiger partial charge >= 0.3 is 0 Å². The SMILES string of the molecule is CCC(CCN)CCC(=O)NCC1(O)CCCC(C)C1. The van der Waals surface area contributed by atoms with Crippen LogP contribution in [0.5, 0.6) is 0 Å². The molecule has 0 aromatic heterocycles. The molecule has 1 rings (SSSR count). The fraction of sp³-hybridized carbons (Fsp3) is 0.938. The first-order chi connectivity index (χ1) is 9.49. The van der Waals surface area contributed by atoms with Crippen LogP contribution in [0.15, 0.2) is 0 Å². The van der Waals surface area contributed by atoms with E-state index in [0.717, 1.165) is 38.5 Å². The highest BCUT2D eigenvalue weighted by Crippen LogP contribution is 2.31. The standard InChI is InChI=1S/C16H32N2O2/c1-3-14(8-10-17)6-7-15(19)18-12-16(20)9-4-5-13(2)11-16/h13-14,20H,3-12,17H2,1-2H3,(H,18,19). The average molecular weight is 284 g/mol. The molecule has 0 saturated heterocycles. The molecule has 0 bridgehead atoms. The Morgan fingerprint density at radius 1 is 1.50 bits per heavy atom. The first kappa shape index (κ1) is 17.4. The third-order valence-corrected chi connectivity index (χ3v) is 4.61. The van der Waals surface area contributed by atoms with Gasteiger partial charge in [0.25, 0.3) is 0 Å². The van der Waals surface area contributed by atoms with Crippen molar-refractivity contribution in [2.24, 2.45) is 17.6 Å². The minimum atomic E-state index is -0.686. The molecule has 0 aliphatic heterocycles. The molecular formula is C16H32N2O2. The van der Waals surface area contributed by atoms with E-state index >= 15 is 0 Å². The zero-order valence-corrected chi connectivity index (χ0v) is 13.2. The van der Waals surface area contributed by atoms with Crippen LogP contribution < -0.4 is 11.1 Å². The zero-order chi connectivity index (χ0) is 15.0. The van der Waals surface area contributed by atoms with Gasteiger partial charge in [-0.05, 0) is 44.1 Å². The molecule has 3 atom stereocenters. The van der Waals surface area contributed by atoms with Crippen molar-refractivity contribution in [1.29, 1.82) is 0 Å². The van der Waals surface area contributed by atoms with Crippen molar-refractivity contribution >= 4 is 5.91 Å². The van der Waals surface area contributed by atoms with E-state index in [1.165, 1.54) is 6.42 Å². The number of aliphatic hydroxyl groups is 1. The smallest absolute Gasteiger partial charge is 0.220 e. The van der Waals surface area contributed by atoms with Crippen LogP contribution in [0.25, 0.3) is 0 Å². The van der Waals surface area contributed by atoms with Gasteiger partial charge in [0.1, 0.15) is 0 Å². The van der Waals surface area contributed by atoms with Crippen LogP contribution in [0.2, 0.25) is 0 Å². The molecule has 4 nitrogen and oxygen atoms in total. The summed E-state index contributed by atoms with van der Waals surface area (Å²) in [4.78, 5) is 11.9. The molecule has 20 heavy (non-hydrogen) atoms. The summed E-state index contributed by atoms with van der Waals surface area (Å²) in [6, 6.07) is 0. The first-order valence-electron chi connectivity index (χ1n) is 8.18. The van der Waals surface area contributed by atoms with Crippen molar-refractivity contribution < 1.29 is 9.90 Å². The molecule has 1 aliphatic rings.